The SMILES string of the molecule is CN1CCC(C)(c2ccc(N3C(N)=NC(N)=NC34CCCCC4)cc2)CC1. The van der Waals surface area contributed by atoms with E-state index in [9.17, 15) is 0 Å². The molecule has 1 aliphatic carbocycles. The fourth-order valence-electron chi connectivity index (χ4n) is 4.91. The molecule has 2 fully saturated rings. The summed E-state index contributed by atoms with van der Waals surface area (Å²) in [6.07, 6.45) is 7.86. The Morgan fingerprint density at radius 2 is 1.56 bits per heavy atom. The zero-order valence-electron chi connectivity index (χ0n) is 16.6. The smallest absolute Gasteiger partial charge is 0.220 e. The quantitative estimate of drug-likeness (QED) is 0.841. The van der Waals surface area contributed by atoms with Gasteiger partial charge in [0.05, 0.1) is 0 Å². The first-order chi connectivity index (χ1) is 12.9. The zero-order chi connectivity index (χ0) is 19.1. The number of anilines is 1. The number of likely N-dealkylation sites (tertiary alicyclic amines) is 1. The van der Waals surface area contributed by atoms with Crippen LogP contribution in [-0.2, 0) is 5.41 Å². The molecule has 1 saturated carbocycles. The standard InChI is InChI=1S/C21H32N6/c1-20(12-14-26(2)15-13-20)16-6-8-17(9-7-16)27-19(23)24-18(22)25-21(27)10-4-3-5-11-21/h6-9H,3-5,10-15H2,1-2H3,(H4,22,23,24,25). The molecular formula is C21H32N6. The van der Waals surface area contributed by atoms with Crippen molar-refractivity contribution in [3.05, 3.63) is 29.8 Å². The molecule has 27 heavy (non-hydrogen) atoms. The Balaban J connectivity index is 1.63. The number of guanidine groups is 2. The monoisotopic (exact) mass is 368 g/mol. The van der Waals surface area contributed by atoms with Crippen molar-refractivity contribution < 1.29 is 0 Å². The molecule has 0 amide bonds. The van der Waals surface area contributed by atoms with Gasteiger partial charge in [-0.15, -0.1) is 0 Å². The highest BCUT2D eigenvalue weighted by molar-refractivity contribution is 6.05. The zero-order valence-corrected chi connectivity index (χ0v) is 16.6. The number of nitrogens with two attached hydrogens (primary N) is 2. The fraction of sp³-hybridized carbons (Fsp3) is 0.619. The Morgan fingerprint density at radius 3 is 2.19 bits per heavy atom. The van der Waals surface area contributed by atoms with Crippen molar-refractivity contribution in [2.45, 2.75) is 62.9 Å². The van der Waals surface area contributed by atoms with Crippen LogP contribution in [0.15, 0.2) is 34.3 Å². The van der Waals surface area contributed by atoms with Gasteiger partial charge in [0.15, 0.2) is 0 Å². The molecule has 4 rings (SSSR count). The third-order valence-corrected chi connectivity index (χ3v) is 6.76. The van der Waals surface area contributed by atoms with E-state index < -0.39 is 0 Å². The van der Waals surface area contributed by atoms with Gasteiger partial charge in [0.1, 0.15) is 5.66 Å². The number of rotatable bonds is 2. The first kappa shape index (κ1) is 18.3. The number of hydrogen-bond acceptors (Lipinski definition) is 6. The molecule has 0 aromatic heterocycles. The first-order valence-corrected chi connectivity index (χ1v) is 10.2. The molecule has 146 valence electrons. The summed E-state index contributed by atoms with van der Waals surface area (Å²) in [6.45, 7) is 4.70. The number of piperidine rings is 1. The van der Waals surface area contributed by atoms with Gasteiger partial charge in [-0.3, -0.25) is 4.90 Å². The van der Waals surface area contributed by atoms with Gasteiger partial charge in [-0.25, -0.2) is 4.99 Å². The van der Waals surface area contributed by atoms with E-state index >= 15 is 0 Å². The normalized spacial score (nSPS) is 25.2. The van der Waals surface area contributed by atoms with Crippen molar-refractivity contribution in [1.29, 1.82) is 0 Å². The molecule has 3 aliphatic rings. The van der Waals surface area contributed by atoms with Crippen LogP contribution in [0, 0.1) is 0 Å². The van der Waals surface area contributed by atoms with Crippen molar-refractivity contribution in [3.63, 3.8) is 0 Å². The number of hydrogen-bond donors (Lipinski definition) is 2. The molecule has 2 aliphatic heterocycles. The second kappa shape index (κ2) is 6.82. The Kier molecular flexibility index (Phi) is 4.62. The molecule has 1 spiro atoms. The maximum Gasteiger partial charge on any atom is 0.220 e. The summed E-state index contributed by atoms with van der Waals surface area (Å²) in [6, 6.07) is 8.92. The maximum atomic E-state index is 6.34. The van der Waals surface area contributed by atoms with Crippen molar-refractivity contribution in [2.75, 3.05) is 25.0 Å². The van der Waals surface area contributed by atoms with Crippen LogP contribution in [0.2, 0.25) is 0 Å². The average molecular weight is 369 g/mol. The van der Waals surface area contributed by atoms with Gasteiger partial charge >= 0.3 is 0 Å². The van der Waals surface area contributed by atoms with Crippen LogP contribution < -0.4 is 16.4 Å². The van der Waals surface area contributed by atoms with Crippen LogP contribution in [0.25, 0.3) is 0 Å². The highest BCUT2D eigenvalue weighted by atomic mass is 15.4. The first-order valence-electron chi connectivity index (χ1n) is 10.2. The summed E-state index contributed by atoms with van der Waals surface area (Å²) in [5, 5.41) is 0. The lowest BCUT2D eigenvalue weighted by atomic mass is 9.74. The fourth-order valence-corrected chi connectivity index (χ4v) is 4.91. The predicted octanol–water partition coefficient (Wildman–Crippen LogP) is 2.78. The summed E-state index contributed by atoms with van der Waals surface area (Å²) < 4.78 is 0. The molecule has 6 nitrogen and oxygen atoms in total. The molecule has 0 bridgehead atoms. The summed E-state index contributed by atoms with van der Waals surface area (Å²) in [5.74, 6) is 0.767. The summed E-state index contributed by atoms with van der Waals surface area (Å²) >= 11 is 0. The highest BCUT2D eigenvalue weighted by Crippen LogP contribution is 2.41. The average Bonchev–Trinajstić information content (AvgIpc) is 2.65. The van der Waals surface area contributed by atoms with E-state index in [2.05, 4.69) is 53.0 Å². The van der Waals surface area contributed by atoms with E-state index in [4.69, 9.17) is 16.5 Å². The van der Waals surface area contributed by atoms with Gasteiger partial charge in [0.25, 0.3) is 0 Å². The predicted molar refractivity (Wildman–Crippen MR) is 112 cm³/mol. The van der Waals surface area contributed by atoms with Gasteiger partial charge in [0.2, 0.25) is 11.9 Å². The molecule has 2 heterocycles. The minimum absolute atomic E-state index is 0.248. The lowest BCUT2D eigenvalue weighted by Crippen LogP contribution is -2.58. The lowest BCUT2D eigenvalue weighted by molar-refractivity contribution is 0.200. The van der Waals surface area contributed by atoms with E-state index in [0.717, 1.165) is 44.5 Å². The number of nitrogens with zero attached hydrogens (tertiary/aromatic N) is 4. The minimum Gasteiger partial charge on any atom is -0.369 e. The van der Waals surface area contributed by atoms with Crippen molar-refractivity contribution in [3.8, 4) is 0 Å². The molecular weight excluding hydrogens is 336 g/mol. The molecule has 0 radical (unpaired) electrons. The van der Waals surface area contributed by atoms with E-state index in [1.807, 2.05) is 0 Å². The van der Waals surface area contributed by atoms with E-state index in [1.165, 1.54) is 24.8 Å². The number of benzene rings is 1. The van der Waals surface area contributed by atoms with Crippen LogP contribution in [0.3, 0.4) is 0 Å². The van der Waals surface area contributed by atoms with Gasteiger partial charge in [0, 0.05) is 5.69 Å². The Morgan fingerprint density at radius 1 is 0.926 bits per heavy atom. The van der Waals surface area contributed by atoms with Gasteiger partial charge in [-0.05, 0) is 81.8 Å². The summed E-state index contributed by atoms with van der Waals surface area (Å²) in [5.41, 5.74) is 14.7. The van der Waals surface area contributed by atoms with Crippen LogP contribution in [0.4, 0.5) is 5.69 Å². The summed E-state index contributed by atoms with van der Waals surface area (Å²) in [7, 11) is 2.21. The molecule has 0 atom stereocenters. The molecule has 1 aromatic carbocycles. The third-order valence-electron chi connectivity index (χ3n) is 6.76. The molecule has 4 N–H and O–H groups in total. The third kappa shape index (κ3) is 3.31. The van der Waals surface area contributed by atoms with Gasteiger partial charge < -0.3 is 16.4 Å². The topological polar surface area (TPSA) is 83.2 Å². The van der Waals surface area contributed by atoms with Gasteiger partial charge in [-0.1, -0.05) is 25.5 Å². The minimum atomic E-state index is -0.368. The van der Waals surface area contributed by atoms with Crippen LogP contribution in [-0.4, -0.2) is 42.6 Å². The highest BCUT2D eigenvalue weighted by Gasteiger charge is 2.42. The van der Waals surface area contributed by atoms with E-state index in [1.54, 1.807) is 0 Å². The largest absolute Gasteiger partial charge is 0.369 e. The van der Waals surface area contributed by atoms with E-state index in [0.29, 0.717) is 11.9 Å². The van der Waals surface area contributed by atoms with Gasteiger partial charge in [-0.2, -0.15) is 4.99 Å². The molecule has 6 heteroatoms. The van der Waals surface area contributed by atoms with E-state index in [-0.39, 0.29) is 11.1 Å². The summed E-state index contributed by atoms with van der Waals surface area (Å²) in [4.78, 5) is 13.6. The van der Waals surface area contributed by atoms with Crippen LogP contribution in [0.1, 0.15) is 57.4 Å². The van der Waals surface area contributed by atoms with Crippen LogP contribution in [0.5, 0.6) is 0 Å². The van der Waals surface area contributed by atoms with Crippen molar-refractivity contribution in [1.82, 2.24) is 4.90 Å². The number of aliphatic imine (C=N–C) groups is 2. The Hall–Kier alpha value is -2.08. The molecule has 1 aromatic rings. The molecule has 0 unspecified atom stereocenters. The second-order valence-corrected chi connectivity index (χ2v) is 8.73. The van der Waals surface area contributed by atoms with Crippen LogP contribution >= 0.6 is 0 Å². The Bertz CT molecular complexity index is 736. The maximum absolute atomic E-state index is 6.34. The Labute approximate surface area is 162 Å². The van der Waals surface area contributed by atoms with Crippen molar-refractivity contribution >= 4 is 17.6 Å². The van der Waals surface area contributed by atoms with Crippen molar-refractivity contribution in [2.24, 2.45) is 21.5 Å². The second-order valence-electron chi connectivity index (χ2n) is 8.73. The lowest BCUT2D eigenvalue weighted by Gasteiger charge is -2.45. The molecule has 1 saturated heterocycles.